The number of amides is 1. The maximum atomic E-state index is 12.7. The van der Waals surface area contributed by atoms with Crippen molar-refractivity contribution >= 4 is 17.0 Å². The van der Waals surface area contributed by atoms with Crippen LogP contribution in [0.5, 0.6) is 0 Å². The van der Waals surface area contributed by atoms with Gasteiger partial charge >= 0.3 is 0 Å². The zero-order valence-electron chi connectivity index (χ0n) is 11.8. The zero-order valence-corrected chi connectivity index (χ0v) is 11.8. The molecule has 6 nitrogen and oxygen atoms in total. The Morgan fingerprint density at radius 3 is 3.00 bits per heavy atom. The fourth-order valence-corrected chi connectivity index (χ4v) is 2.56. The van der Waals surface area contributed by atoms with Crippen molar-refractivity contribution in [1.82, 2.24) is 15.0 Å². The molecule has 1 aliphatic heterocycles. The molecule has 0 saturated carbocycles. The van der Waals surface area contributed by atoms with Crippen molar-refractivity contribution in [3.63, 3.8) is 0 Å². The van der Waals surface area contributed by atoms with Gasteiger partial charge in [-0.2, -0.15) is 0 Å². The van der Waals surface area contributed by atoms with Gasteiger partial charge in [-0.05, 0) is 26.8 Å². The van der Waals surface area contributed by atoms with Crippen molar-refractivity contribution in [1.29, 1.82) is 0 Å². The molecule has 1 fully saturated rings. The van der Waals surface area contributed by atoms with Crippen LogP contribution in [0.2, 0.25) is 0 Å². The standard InChI is InChI=1S/C14H17N3O3/c1-8-6-11(12-10(3)16-20-13(12)15-8)14(18)17-4-5-19-9(2)7-17/h6,9H,4-5,7H2,1-3H3. The number of nitrogens with zero attached hydrogens (tertiary/aromatic N) is 3. The first-order valence-electron chi connectivity index (χ1n) is 6.71. The Balaban J connectivity index is 2.04. The summed E-state index contributed by atoms with van der Waals surface area (Å²) in [5.74, 6) is -0.0121. The summed E-state index contributed by atoms with van der Waals surface area (Å²) in [7, 11) is 0. The molecule has 0 bridgehead atoms. The number of fused-ring (bicyclic) bond motifs is 1. The number of hydrogen-bond donors (Lipinski definition) is 0. The van der Waals surface area contributed by atoms with Crippen LogP contribution in [0.4, 0.5) is 0 Å². The second-order valence-corrected chi connectivity index (χ2v) is 5.19. The van der Waals surface area contributed by atoms with Crippen LogP contribution in [0, 0.1) is 13.8 Å². The first-order valence-corrected chi connectivity index (χ1v) is 6.71. The molecule has 0 aromatic carbocycles. The highest BCUT2D eigenvalue weighted by Gasteiger charge is 2.26. The van der Waals surface area contributed by atoms with E-state index in [1.807, 2.05) is 25.7 Å². The third-order valence-corrected chi connectivity index (χ3v) is 3.50. The maximum absolute atomic E-state index is 12.7. The van der Waals surface area contributed by atoms with Crippen LogP contribution in [-0.2, 0) is 4.74 Å². The van der Waals surface area contributed by atoms with E-state index < -0.39 is 0 Å². The third-order valence-electron chi connectivity index (χ3n) is 3.50. The van der Waals surface area contributed by atoms with E-state index in [1.165, 1.54) is 0 Å². The first-order chi connectivity index (χ1) is 9.56. The Morgan fingerprint density at radius 1 is 1.45 bits per heavy atom. The van der Waals surface area contributed by atoms with Crippen molar-refractivity contribution < 1.29 is 14.1 Å². The van der Waals surface area contributed by atoms with Gasteiger partial charge < -0.3 is 14.2 Å². The molecule has 0 aliphatic carbocycles. The third kappa shape index (κ3) is 2.16. The summed E-state index contributed by atoms with van der Waals surface area (Å²) >= 11 is 0. The second kappa shape index (κ2) is 4.86. The maximum Gasteiger partial charge on any atom is 0.258 e. The highest BCUT2D eigenvalue weighted by Crippen LogP contribution is 2.23. The number of aryl methyl sites for hydroxylation is 2. The van der Waals surface area contributed by atoms with Gasteiger partial charge in [0.1, 0.15) is 0 Å². The minimum absolute atomic E-state index is 0.0121. The molecule has 3 rings (SSSR count). The Bertz CT molecular complexity index is 665. The van der Waals surface area contributed by atoms with Crippen LogP contribution in [-0.4, -0.2) is 46.7 Å². The van der Waals surface area contributed by atoms with Crippen LogP contribution < -0.4 is 0 Å². The smallest absolute Gasteiger partial charge is 0.258 e. The van der Waals surface area contributed by atoms with Gasteiger partial charge in [-0.15, -0.1) is 0 Å². The summed E-state index contributed by atoms with van der Waals surface area (Å²) in [5.41, 5.74) is 2.47. The molecule has 0 spiro atoms. The number of ether oxygens (including phenoxy) is 1. The summed E-state index contributed by atoms with van der Waals surface area (Å²) in [6, 6.07) is 1.80. The lowest BCUT2D eigenvalue weighted by atomic mass is 10.1. The number of hydrogen-bond acceptors (Lipinski definition) is 5. The quantitative estimate of drug-likeness (QED) is 0.792. The summed E-state index contributed by atoms with van der Waals surface area (Å²) in [6.45, 7) is 7.42. The van der Waals surface area contributed by atoms with Crippen molar-refractivity contribution in [3.8, 4) is 0 Å². The van der Waals surface area contributed by atoms with Gasteiger partial charge in [-0.3, -0.25) is 4.79 Å². The van der Waals surface area contributed by atoms with Gasteiger partial charge in [0, 0.05) is 18.8 Å². The molecular formula is C14H17N3O3. The van der Waals surface area contributed by atoms with E-state index in [2.05, 4.69) is 10.1 Å². The summed E-state index contributed by atoms with van der Waals surface area (Å²) in [6.07, 6.45) is 0.0645. The van der Waals surface area contributed by atoms with Gasteiger partial charge in [-0.1, -0.05) is 5.16 Å². The van der Waals surface area contributed by atoms with Crippen molar-refractivity contribution in [2.75, 3.05) is 19.7 Å². The number of rotatable bonds is 1. The summed E-state index contributed by atoms with van der Waals surface area (Å²) in [4.78, 5) is 18.8. The van der Waals surface area contributed by atoms with E-state index in [0.29, 0.717) is 42.1 Å². The number of aromatic nitrogens is 2. The normalized spacial score (nSPS) is 19.6. The van der Waals surface area contributed by atoms with E-state index >= 15 is 0 Å². The average molecular weight is 275 g/mol. The van der Waals surface area contributed by atoms with Gasteiger partial charge in [0.15, 0.2) is 0 Å². The van der Waals surface area contributed by atoms with Gasteiger partial charge in [0.05, 0.1) is 29.4 Å². The fourth-order valence-electron chi connectivity index (χ4n) is 2.56. The topological polar surface area (TPSA) is 68.5 Å². The molecule has 1 saturated heterocycles. The number of carbonyl (C=O) groups is 1. The van der Waals surface area contributed by atoms with Crippen LogP contribution in [0.1, 0.15) is 28.7 Å². The molecule has 1 amide bonds. The number of carbonyl (C=O) groups excluding carboxylic acids is 1. The monoisotopic (exact) mass is 275 g/mol. The summed E-state index contributed by atoms with van der Waals surface area (Å²) < 4.78 is 10.6. The molecule has 0 N–H and O–H groups in total. The molecule has 6 heteroatoms. The molecule has 0 radical (unpaired) electrons. The van der Waals surface area contributed by atoms with E-state index in [0.717, 1.165) is 5.69 Å². The molecule has 106 valence electrons. The zero-order chi connectivity index (χ0) is 14.3. The fraction of sp³-hybridized carbons (Fsp3) is 0.500. The summed E-state index contributed by atoms with van der Waals surface area (Å²) in [5, 5.41) is 4.62. The lowest BCUT2D eigenvalue weighted by Crippen LogP contribution is -2.44. The van der Waals surface area contributed by atoms with Crippen LogP contribution in [0.3, 0.4) is 0 Å². The second-order valence-electron chi connectivity index (χ2n) is 5.19. The highest BCUT2D eigenvalue weighted by molar-refractivity contribution is 6.06. The molecular weight excluding hydrogens is 258 g/mol. The lowest BCUT2D eigenvalue weighted by Gasteiger charge is -2.31. The Morgan fingerprint density at radius 2 is 2.25 bits per heavy atom. The van der Waals surface area contributed by atoms with Gasteiger partial charge in [-0.25, -0.2) is 4.98 Å². The van der Waals surface area contributed by atoms with Crippen molar-refractivity contribution in [2.24, 2.45) is 0 Å². The van der Waals surface area contributed by atoms with Crippen LogP contribution in [0.15, 0.2) is 10.6 Å². The number of pyridine rings is 1. The molecule has 2 aromatic rings. The molecule has 20 heavy (non-hydrogen) atoms. The van der Waals surface area contributed by atoms with E-state index in [9.17, 15) is 4.79 Å². The Hall–Kier alpha value is -1.95. The van der Waals surface area contributed by atoms with Crippen molar-refractivity contribution in [2.45, 2.75) is 26.9 Å². The first kappa shape index (κ1) is 13.1. The highest BCUT2D eigenvalue weighted by atomic mass is 16.5. The lowest BCUT2D eigenvalue weighted by molar-refractivity contribution is -0.0123. The Kier molecular flexibility index (Phi) is 3.17. The molecule has 1 aliphatic rings. The van der Waals surface area contributed by atoms with Gasteiger partial charge in [0.25, 0.3) is 11.6 Å². The molecule has 1 atom stereocenters. The van der Waals surface area contributed by atoms with Crippen LogP contribution >= 0.6 is 0 Å². The molecule has 2 aromatic heterocycles. The molecule has 3 heterocycles. The van der Waals surface area contributed by atoms with Crippen LogP contribution in [0.25, 0.3) is 11.1 Å². The SMILES string of the molecule is Cc1cc(C(=O)N2CCOC(C)C2)c2c(C)noc2n1. The molecule has 1 unspecified atom stereocenters. The minimum Gasteiger partial charge on any atom is -0.375 e. The predicted molar refractivity (Wildman–Crippen MR) is 72.6 cm³/mol. The van der Waals surface area contributed by atoms with Gasteiger partial charge in [0.2, 0.25) is 0 Å². The largest absolute Gasteiger partial charge is 0.375 e. The number of morpholine rings is 1. The van der Waals surface area contributed by atoms with Crippen molar-refractivity contribution in [3.05, 3.63) is 23.0 Å². The van der Waals surface area contributed by atoms with E-state index in [4.69, 9.17) is 9.26 Å². The van der Waals surface area contributed by atoms with E-state index in [1.54, 1.807) is 6.07 Å². The predicted octanol–water partition coefficient (Wildman–Crippen LogP) is 1.70. The Labute approximate surface area is 116 Å². The minimum atomic E-state index is -0.0121. The van der Waals surface area contributed by atoms with E-state index in [-0.39, 0.29) is 12.0 Å². The average Bonchev–Trinajstić information content (AvgIpc) is 2.78.